The Morgan fingerprint density at radius 2 is 1.62 bits per heavy atom. The molecular formula is C19H20F3N3O6S. The minimum absolute atomic E-state index is 0.196. The summed E-state index contributed by atoms with van der Waals surface area (Å²) in [5, 5.41) is 2.57. The van der Waals surface area contributed by atoms with Crippen molar-refractivity contribution in [2.45, 2.75) is 17.7 Å². The molecule has 0 spiro atoms. The van der Waals surface area contributed by atoms with Crippen LogP contribution in [0.1, 0.15) is 6.42 Å². The Hall–Kier alpha value is -3.32. The van der Waals surface area contributed by atoms with Crippen LogP contribution < -0.4 is 19.7 Å². The fourth-order valence-corrected chi connectivity index (χ4v) is 3.47. The summed E-state index contributed by atoms with van der Waals surface area (Å²) in [5.74, 6) is -1.03. The third kappa shape index (κ3) is 7.42. The van der Waals surface area contributed by atoms with Crippen molar-refractivity contribution in [2.24, 2.45) is 0 Å². The van der Waals surface area contributed by atoms with Gasteiger partial charge in [0, 0.05) is 31.4 Å². The van der Waals surface area contributed by atoms with Crippen molar-refractivity contribution in [3.8, 4) is 5.75 Å². The van der Waals surface area contributed by atoms with E-state index in [9.17, 15) is 31.2 Å². The Morgan fingerprint density at radius 3 is 2.16 bits per heavy atom. The lowest BCUT2D eigenvalue weighted by Gasteiger charge is -2.16. The van der Waals surface area contributed by atoms with E-state index in [2.05, 4.69) is 19.5 Å². The smallest absolute Gasteiger partial charge is 0.452 e. The summed E-state index contributed by atoms with van der Waals surface area (Å²) < 4.78 is 71.4. The van der Waals surface area contributed by atoms with Crippen LogP contribution in [0.25, 0.3) is 0 Å². The van der Waals surface area contributed by atoms with Gasteiger partial charge in [-0.25, -0.2) is 17.9 Å². The van der Waals surface area contributed by atoms with Crippen LogP contribution in [0.4, 0.5) is 29.3 Å². The Labute approximate surface area is 182 Å². The average molecular weight is 475 g/mol. The van der Waals surface area contributed by atoms with Crippen LogP contribution in [0.5, 0.6) is 5.75 Å². The first-order valence-electron chi connectivity index (χ1n) is 8.98. The maximum absolute atomic E-state index is 12.2. The largest absolute Gasteiger partial charge is 0.573 e. The lowest BCUT2D eigenvalue weighted by molar-refractivity contribution is -0.274. The van der Waals surface area contributed by atoms with E-state index in [1.165, 1.54) is 19.1 Å². The maximum atomic E-state index is 12.2. The highest BCUT2D eigenvalue weighted by atomic mass is 32.2. The molecule has 174 valence electrons. The fraction of sp³-hybridized carbons (Fsp3) is 0.263. The van der Waals surface area contributed by atoms with Crippen LogP contribution in [-0.2, 0) is 19.6 Å². The summed E-state index contributed by atoms with van der Waals surface area (Å²) >= 11 is 0. The number of ether oxygens (including phenoxy) is 2. The molecule has 0 aliphatic carbocycles. The standard InChI is InChI=1S/C19H20F3N3O6S/c1-25(18(27)30-2)14-5-3-13(4-6-14)24-17(26)11-12-23-32(28,29)16-9-7-15(8-10-16)31-19(20,21)22/h3-10,23H,11-12H2,1-2H3,(H,24,26). The van der Waals surface area contributed by atoms with Gasteiger partial charge in [-0.1, -0.05) is 0 Å². The van der Waals surface area contributed by atoms with Crippen molar-refractivity contribution in [1.29, 1.82) is 0 Å². The molecule has 32 heavy (non-hydrogen) atoms. The molecule has 0 aromatic heterocycles. The second-order valence-corrected chi connectivity index (χ2v) is 8.06. The summed E-state index contributed by atoms with van der Waals surface area (Å²) in [7, 11) is -1.27. The third-order valence-corrected chi connectivity index (χ3v) is 5.48. The molecule has 13 heteroatoms. The number of amides is 2. The molecule has 2 amide bonds. The molecule has 0 aliphatic heterocycles. The molecular weight excluding hydrogens is 455 g/mol. The quantitative estimate of drug-likeness (QED) is 0.607. The predicted octanol–water partition coefficient (Wildman–Crippen LogP) is 3.09. The highest BCUT2D eigenvalue weighted by Gasteiger charge is 2.31. The molecule has 2 rings (SSSR count). The molecule has 0 unspecified atom stereocenters. The first-order chi connectivity index (χ1) is 14.9. The summed E-state index contributed by atoms with van der Waals surface area (Å²) in [6.07, 6.45) is -5.64. The van der Waals surface area contributed by atoms with Crippen LogP contribution in [0.3, 0.4) is 0 Å². The van der Waals surface area contributed by atoms with Crippen molar-refractivity contribution in [3.63, 3.8) is 0 Å². The Bertz CT molecular complexity index is 1040. The van der Waals surface area contributed by atoms with Crippen LogP contribution in [0.2, 0.25) is 0 Å². The van der Waals surface area contributed by atoms with Crippen molar-refractivity contribution in [2.75, 3.05) is 30.9 Å². The van der Waals surface area contributed by atoms with Gasteiger partial charge in [0.25, 0.3) is 0 Å². The molecule has 0 atom stereocenters. The molecule has 2 aromatic rings. The molecule has 0 bridgehead atoms. The van der Waals surface area contributed by atoms with Crippen molar-refractivity contribution < 1.29 is 40.7 Å². The first-order valence-corrected chi connectivity index (χ1v) is 10.5. The molecule has 0 aliphatic rings. The van der Waals surface area contributed by atoms with Gasteiger partial charge in [-0.15, -0.1) is 13.2 Å². The minimum Gasteiger partial charge on any atom is -0.452 e. The molecule has 0 saturated carbocycles. The Balaban J connectivity index is 1.86. The van der Waals surface area contributed by atoms with Crippen LogP contribution >= 0.6 is 0 Å². The number of nitrogens with one attached hydrogen (secondary N) is 2. The van der Waals surface area contributed by atoms with E-state index < -0.39 is 34.1 Å². The zero-order chi connectivity index (χ0) is 23.9. The summed E-state index contributed by atoms with van der Waals surface area (Å²) in [6, 6.07) is 9.94. The number of nitrogens with zero attached hydrogens (tertiary/aromatic N) is 1. The van der Waals surface area contributed by atoms with Gasteiger partial charge in [0.05, 0.1) is 12.0 Å². The molecule has 0 radical (unpaired) electrons. The molecule has 0 heterocycles. The highest BCUT2D eigenvalue weighted by molar-refractivity contribution is 7.89. The summed E-state index contributed by atoms with van der Waals surface area (Å²) in [4.78, 5) is 24.5. The van der Waals surface area contributed by atoms with E-state index in [4.69, 9.17) is 0 Å². The fourth-order valence-electron chi connectivity index (χ4n) is 2.44. The van der Waals surface area contributed by atoms with Crippen LogP contribution in [0, 0.1) is 0 Å². The number of sulfonamides is 1. The van der Waals surface area contributed by atoms with E-state index in [1.54, 1.807) is 24.3 Å². The lowest BCUT2D eigenvalue weighted by atomic mass is 10.2. The first kappa shape index (κ1) is 24.9. The Morgan fingerprint density at radius 1 is 1.03 bits per heavy atom. The average Bonchev–Trinajstić information content (AvgIpc) is 2.72. The van der Waals surface area contributed by atoms with E-state index in [-0.39, 0.29) is 17.9 Å². The van der Waals surface area contributed by atoms with Gasteiger partial charge in [0.2, 0.25) is 15.9 Å². The summed E-state index contributed by atoms with van der Waals surface area (Å²) in [6.45, 7) is -0.238. The molecule has 9 nitrogen and oxygen atoms in total. The second kappa shape index (κ2) is 10.3. The highest BCUT2D eigenvalue weighted by Crippen LogP contribution is 2.24. The van der Waals surface area contributed by atoms with Gasteiger partial charge in [-0.05, 0) is 48.5 Å². The number of methoxy groups -OCH3 is 1. The van der Waals surface area contributed by atoms with Crippen LogP contribution in [0.15, 0.2) is 53.4 Å². The number of carbonyl (C=O) groups excluding carboxylic acids is 2. The maximum Gasteiger partial charge on any atom is 0.573 e. The number of hydrogen-bond donors (Lipinski definition) is 2. The predicted molar refractivity (Wildman–Crippen MR) is 109 cm³/mol. The zero-order valence-electron chi connectivity index (χ0n) is 17.0. The van der Waals surface area contributed by atoms with Gasteiger partial charge >= 0.3 is 12.5 Å². The zero-order valence-corrected chi connectivity index (χ0v) is 17.8. The SMILES string of the molecule is COC(=O)N(C)c1ccc(NC(=O)CCNS(=O)(=O)c2ccc(OC(F)(F)F)cc2)cc1. The number of benzene rings is 2. The van der Waals surface area contributed by atoms with Crippen molar-refractivity contribution in [1.82, 2.24) is 4.72 Å². The van der Waals surface area contributed by atoms with Crippen molar-refractivity contribution in [3.05, 3.63) is 48.5 Å². The van der Waals surface area contributed by atoms with Crippen LogP contribution in [-0.4, -0.2) is 47.5 Å². The van der Waals surface area contributed by atoms with E-state index >= 15 is 0 Å². The Kier molecular flexibility index (Phi) is 8.05. The van der Waals surface area contributed by atoms with E-state index in [0.717, 1.165) is 24.3 Å². The van der Waals surface area contributed by atoms with Crippen molar-refractivity contribution >= 4 is 33.4 Å². The number of rotatable bonds is 8. The molecule has 2 N–H and O–H groups in total. The topological polar surface area (TPSA) is 114 Å². The van der Waals surface area contributed by atoms with Gasteiger partial charge in [-0.3, -0.25) is 9.69 Å². The second-order valence-electron chi connectivity index (χ2n) is 6.29. The third-order valence-electron chi connectivity index (χ3n) is 4.00. The van der Waals surface area contributed by atoms with Gasteiger partial charge in [0.1, 0.15) is 5.75 Å². The summed E-state index contributed by atoms with van der Waals surface area (Å²) in [5.41, 5.74) is 0.967. The number of halogens is 3. The minimum atomic E-state index is -4.89. The number of anilines is 2. The van der Waals surface area contributed by atoms with E-state index in [1.807, 2.05) is 0 Å². The number of hydrogen-bond acceptors (Lipinski definition) is 6. The van der Waals surface area contributed by atoms with Gasteiger partial charge < -0.3 is 14.8 Å². The number of carbonyl (C=O) groups is 2. The van der Waals surface area contributed by atoms with Gasteiger partial charge in [-0.2, -0.15) is 0 Å². The van der Waals surface area contributed by atoms with E-state index in [0.29, 0.717) is 11.4 Å². The number of alkyl halides is 3. The lowest BCUT2D eigenvalue weighted by Crippen LogP contribution is -2.28. The normalized spacial score (nSPS) is 11.5. The molecule has 2 aromatic carbocycles. The molecule has 0 saturated heterocycles. The molecule has 0 fully saturated rings. The monoisotopic (exact) mass is 475 g/mol. The van der Waals surface area contributed by atoms with Gasteiger partial charge in [0.15, 0.2) is 0 Å².